The van der Waals surface area contributed by atoms with Gasteiger partial charge in [-0.3, -0.25) is 4.79 Å². The van der Waals surface area contributed by atoms with E-state index >= 15 is 0 Å². The molecule has 0 radical (unpaired) electrons. The maximum Gasteiger partial charge on any atom is 0.305 e. The number of benzene rings is 1. The molecule has 3 atom stereocenters. The van der Waals surface area contributed by atoms with Gasteiger partial charge in [-0.15, -0.1) is 0 Å². The second kappa shape index (κ2) is 5.51. The van der Waals surface area contributed by atoms with Gasteiger partial charge in [-0.25, -0.2) is 0 Å². The number of carbonyl (C=O) groups excluding carboxylic acids is 1. The Morgan fingerprint density at radius 1 is 1.33 bits per heavy atom. The molecule has 2 bridgehead atoms. The summed E-state index contributed by atoms with van der Waals surface area (Å²) in [5.74, 6) is 1.64. The third-order valence-corrected chi connectivity index (χ3v) is 6.32. The largest absolute Gasteiger partial charge is 0.497 e. The molecular weight excluding hydrogens is 300 g/mol. The standard InChI is InChI=1S/C21H24O3/c1-13-12-21-9-8-14-10-15(23-2)4-5-17(14)18(21)7-6-16(13)19(21)11-20(22)24-3/h4-5,7,10,12,16,19H,6,8-9,11H2,1-3H3/t16-,19-,21-/m0/s1. The number of fused-ring (bicyclic) bond motifs is 3. The highest BCUT2D eigenvalue weighted by atomic mass is 16.5. The van der Waals surface area contributed by atoms with Crippen LogP contribution in [0.2, 0.25) is 0 Å². The number of aryl methyl sites for hydroxylation is 1. The second-order valence-corrected chi connectivity index (χ2v) is 7.30. The molecule has 126 valence electrons. The Morgan fingerprint density at radius 2 is 2.17 bits per heavy atom. The van der Waals surface area contributed by atoms with E-state index in [4.69, 9.17) is 9.47 Å². The van der Waals surface area contributed by atoms with Crippen molar-refractivity contribution in [3.63, 3.8) is 0 Å². The summed E-state index contributed by atoms with van der Waals surface area (Å²) in [5.41, 5.74) is 5.55. The van der Waals surface area contributed by atoms with Gasteiger partial charge >= 0.3 is 5.97 Å². The van der Waals surface area contributed by atoms with Crippen LogP contribution in [-0.2, 0) is 16.0 Å². The van der Waals surface area contributed by atoms with E-state index in [2.05, 4.69) is 31.2 Å². The quantitative estimate of drug-likeness (QED) is 0.618. The van der Waals surface area contributed by atoms with Crippen LogP contribution in [0.4, 0.5) is 0 Å². The molecule has 24 heavy (non-hydrogen) atoms. The Kier molecular flexibility index (Phi) is 3.56. The molecule has 0 saturated carbocycles. The lowest BCUT2D eigenvalue weighted by Crippen LogP contribution is -2.38. The van der Waals surface area contributed by atoms with Crippen LogP contribution in [0.3, 0.4) is 0 Å². The first-order valence-electron chi connectivity index (χ1n) is 8.73. The van der Waals surface area contributed by atoms with Crippen molar-refractivity contribution in [1.82, 2.24) is 0 Å². The zero-order valence-corrected chi connectivity index (χ0v) is 14.6. The van der Waals surface area contributed by atoms with Gasteiger partial charge in [-0.05, 0) is 66.9 Å². The minimum absolute atomic E-state index is 0.00276. The third-order valence-electron chi connectivity index (χ3n) is 6.32. The average Bonchev–Trinajstić information content (AvgIpc) is 2.76. The summed E-state index contributed by atoms with van der Waals surface area (Å²) >= 11 is 0. The van der Waals surface area contributed by atoms with Crippen LogP contribution in [0.5, 0.6) is 5.75 Å². The highest BCUT2D eigenvalue weighted by Crippen LogP contribution is 2.63. The van der Waals surface area contributed by atoms with Crippen molar-refractivity contribution in [1.29, 1.82) is 0 Å². The monoisotopic (exact) mass is 324 g/mol. The molecule has 0 amide bonds. The minimum atomic E-state index is -0.0887. The summed E-state index contributed by atoms with van der Waals surface area (Å²) in [5, 5.41) is 0. The lowest BCUT2D eigenvalue weighted by molar-refractivity contribution is -0.142. The number of hydrogen-bond acceptors (Lipinski definition) is 3. The Labute approximate surface area is 143 Å². The average molecular weight is 324 g/mol. The van der Waals surface area contributed by atoms with Gasteiger partial charge in [0.15, 0.2) is 0 Å². The van der Waals surface area contributed by atoms with Crippen LogP contribution in [0.15, 0.2) is 35.9 Å². The summed E-state index contributed by atoms with van der Waals surface area (Å²) in [7, 11) is 3.20. The van der Waals surface area contributed by atoms with Gasteiger partial charge in [0.2, 0.25) is 0 Å². The predicted molar refractivity (Wildman–Crippen MR) is 93.7 cm³/mol. The lowest BCUT2D eigenvalue weighted by atomic mass is 9.57. The van der Waals surface area contributed by atoms with E-state index in [1.165, 1.54) is 29.4 Å². The molecule has 1 aromatic carbocycles. The summed E-state index contributed by atoms with van der Waals surface area (Å²) in [6.45, 7) is 2.23. The Bertz CT molecular complexity index is 758. The SMILES string of the molecule is COC(=O)C[C@H]1[C@H]2CC=C3c4ccc(OC)cc4CC[C@]31C=C2C. The van der Waals surface area contributed by atoms with Crippen LogP contribution < -0.4 is 4.74 Å². The maximum atomic E-state index is 12.0. The van der Waals surface area contributed by atoms with Gasteiger partial charge in [0.05, 0.1) is 20.6 Å². The van der Waals surface area contributed by atoms with Gasteiger partial charge in [0.25, 0.3) is 0 Å². The van der Waals surface area contributed by atoms with Crippen molar-refractivity contribution < 1.29 is 14.3 Å². The summed E-state index contributed by atoms with van der Waals surface area (Å²) in [6.07, 6.45) is 8.49. The smallest absolute Gasteiger partial charge is 0.305 e. The van der Waals surface area contributed by atoms with Crippen molar-refractivity contribution in [2.45, 2.75) is 32.6 Å². The second-order valence-electron chi connectivity index (χ2n) is 7.30. The third kappa shape index (κ3) is 2.07. The number of ether oxygens (including phenoxy) is 2. The molecule has 0 heterocycles. The van der Waals surface area contributed by atoms with Crippen molar-refractivity contribution >= 4 is 11.5 Å². The Hall–Kier alpha value is -2.03. The number of rotatable bonds is 3. The Morgan fingerprint density at radius 3 is 2.92 bits per heavy atom. The van der Waals surface area contributed by atoms with Crippen molar-refractivity contribution in [3.8, 4) is 5.75 Å². The van der Waals surface area contributed by atoms with E-state index in [0.717, 1.165) is 25.0 Å². The van der Waals surface area contributed by atoms with E-state index in [0.29, 0.717) is 18.3 Å². The molecule has 0 aliphatic heterocycles. The first-order chi connectivity index (χ1) is 11.6. The fourth-order valence-corrected chi connectivity index (χ4v) is 5.21. The molecule has 0 N–H and O–H groups in total. The van der Waals surface area contributed by atoms with Crippen LogP contribution in [0.1, 0.15) is 37.3 Å². The lowest BCUT2D eigenvalue weighted by Gasteiger charge is -2.45. The summed E-state index contributed by atoms with van der Waals surface area (Å²) < 4.78 is 10.4. The molecule has 3 nitrogen and oxygen atoms in total. The van der Waals surface area contributed by atoms with Gasteiger partial charge in [-0.2, -0.15) is 0 Å². The van der Waals surface area contributed by atoms with Crippen LogP contribution >= 0.6 is 0 Å². The topological polar surface area (TPSA) is 35.5 Å². The van der Waals surface area contributed by atoms with Crippen molar-refractivity contribution in [3.05, 3.63) is 47.1 Å². The van der Waals surface area contributed by atoms with Crippen LogP contribution in [-0.4, -0.2) is 20.2 Å². The number of hydrogen-bond donors (Lipinski definition) is 0. The fourth-order valence-electron chi connectivity index (χ4n) is 5.21. The molecule has 0 saturated heterocycles. The maximum absolute atomic E-state index is 12.0. The molecule has 1 spiro atoms. The molecule has 3 heteroatoms. The van der Waals surface area contributed by atoms with Gasteiger partial charge < -0.3 is 9.47 Å². The van der Waals surface area contributed by atoms with E-state index in [-0.39, 0.29) is 11.4 Å². The highest BCUT2D eigenvalue weighted by molar-refractivity contribution is 5.81. The number of methoxy groups -OCH3 is 2. The van der Waals surface area contributed by atoms with E-state index < -0.39 is 0 Å². The first kappa shape index (κ1) is 15.5. The van der Waals surface area contributed by atoms with Gasteiger partial charge in [0.1, 0.15) is 5.75 Å². The van der Waals surface area contributed by atoms with E-state index in [1.54, 1.807) is 7.11 Å². The van der Waals surface area contributed by atoms with Gasteiger partial charge in [-0.1, -0.05) is 23.8 Å². The summed E-state index contributed by atoms with van der Waals surface area (Å²) in [6, 6.07) is 6.40. The molecule has 1 aromatic rings. The number of carbonyl (C=O) groups is 1. The molecule has 0 unspecified atom stereocenters. The molecular formula is C21H24O3. The fraction of sp³-hybridized carbons (Fsp3) is 0.476. The van der Waals surface area contributed by atoms with E-state index in [1.807, 2.05) is 6.07 Å². The minimum Gasteiger partial charge on any atom is -0.497 e. The number of allylic oxidation sites excluding steroid dienone is 4. The van der Waals surface area contributed by atoms with Gasteiger partial charge in [0, 0.05) is 5.41 Å². The zero-order chi connectivity index (χ0) is 16.9. The van der Waals surface area contributed by atoms with Crippen molar-refractivity contribution in [2.75, 3.05) is 14.2 Å². The normalized spacial score (nSPS) is 30.0. The van der Waals surface area contributed by atoms with Crippen LogP contribution in [0, 0.1) is 17.3 Å². The molecule has 0 fully saturated rings. The zero-order valence-electron chi connectivity index (χ0n) is 14.6. The highest BCUT2D eigenvalue weighted by Gasteiger charge is 2.53. The molecule has 3 aliphatic carbocycles. The van der Waals surface area contributed by atoms with E-state index in [9.17, 15) is 4.79 Å². The molecule has 0 aromatic heterocycles. The Balaban J connectivity index is 1.80. The van der Waals surface area contributed by atoms with Crippen LogP contribution in [0.25, 0.3) is 5.57 Å². The number of esters is 1. The first-order valence-corrected chi connectivity index (χ1v) is 8.73. The van der Waals surface area contributed by atoms with Crippen molar-refractivity contribution in [2.24, 2.45) is 17.3 Å². The molecule has 4 rings (SSSR count). The summed E-state index contributed by atoms with van der Waals surface area (Å²) in [4.78, 5) is 12.0. The molecule has 3 aliphatic rings. The predicted octanol–water partition coefficient (Wildman–Crippen LogP) is 4.17.